The molecule has 4 nitrogen and oxygen atoms in total. The van der Waals surface area contributed by atoms with Gasteiger partial charge in [-0.05, 0) is 44.1 Å². The summed E-state index contributed by atoms with van der Waals surface area (Å²) in [5, 5.41) is 7.59. The van der Waals surface area contributed by atoms with Crippen molar-refractivity contribution in [3.8, 4) is 0 Å². The van der Waals surface area contributed by atoms with E-state index in [0.29, 0.717) is 12.0 Å². The summed E-state index contributed by atoms with van der Waals surface area (Å²) in [5.74, 6) is 4.12. The molecule has 4 rings (SSSR count). The van der Waals surface area contributed by atoms with Crippen molar-refractivity contribution in [1.82, 2.24) is 15.5 Å². The van der Waals surface area contributed by atoms with E-state index in [4.69, 9.17) is 4.52 Å². The molecule has 0 spiro atoms. The van der Waals surface area contributed by atoms with Crippen LogP contribution in [0.15, 0.2) is 4.52 Å². The van der Waals surface area contributed by atoms with Crippen LogP contribution in [0.2, 0.25) is 0 Å². The van der Waals surface area contributed by atoms with E-state index < -0.39 is 0 Å². The smallest absolute Gasteiger partial charge is 0.230 e. The number of aromatic nitrogens is 2. The lowest BCUT2D eigenvalue weighted by atomic mass is 10.0. The van der Waals surface area contributed by atoms with Crippen LogP contribution in [-0.2, 0) is 0 Å². The lowest BCUT2D eigenvalue weighted by Gasteiger charge is -2.04. The van der Waals surface area contributed by atoms with Gasteiger partial charge < -0.3 is 9.84 Å². The number of nitrogens with one attached hydrogen (secondary N) is 1. The van der Waals surface area contributed by atoms with Gasteiger partial charge in [-0.15, -0.1) is 0 Å². The maximum Gasteiger partial charge on any atom is 0.230 e. The minimum Gasteiger partial charge on any atom is -0.339 e. The molecule has 4 heteroatoms. The fourth-order valence-corrected chi connectivity index (χ4v) is 3.79. The quantitative estimate of drug-likeness (QED) is 0.852. The molecule has 3 aliphatic rings. The first kappa shape index (κ1) is 10.1. The van der Waals surface area contributed by atoms with Gasteiger partial charge in [0.05, 0.1) is 6.04 Å². The molecule has 2 heterocycles. The summed E-state index contributed by atoms with van der Waals surface area (Å²) >= 11 is 0. The molecule has 1 N–H and O–H groups in total. The molecule has 0 radical (unpaired) electrons. The Kier molecular flexibility index (Phi) is 2.25. The second-order valence-corrected chi connectivity index (χ2v) is 5.78. The van der Waals surface area contributed by atoms with Gasteiger partial charge in [0, 0.05) is 5.92 Å². The molecule has 0 amide bonds. The van der Waals surface area contributed by atoms with E-state index in [-0.39, 0.29) is 0 Å². The van der Waals surface area contributed by atoms with Gasteiger partial charge in [-0.3, -0.25) is 0 Å². The summed E-state index contributed by atoms with van der Waals surface area (Å²) in [4.78, 5) is 4.64. The molecule has 1 aromatic rings. The molecule has 1 aromatic heterocycles. The Morgan fingerprint density at radius 3 is 2.59 bits per heavy atom. The van der Waals surface area contributed by atoms with E-state index in [2.05, 4.69) is 15.5 Å². The molecule has 1 saturated heterocycles. The molecule has 0 aromatic carbocycles. The fraction of sp³-hybridized carbons (Fsp3) is 0.846. The molecule has 3 atom stereocenters. The lowest BCUT2D eigenvalue weighted by molar-refractivity contribution is 0.363. The van der Waals surface area contributed by atoms with Crippen LogP contribution in [0.4, 0.5) is 0 Å². The lowest BCUT2D eigenvalue weighted by Crippen LogP contribution is -2.14. The molecule has 2 saturated carbocycles. The van der Waals surface area contributed by atoms with Gasteiger partial charge in [0.1, 0.15) is 0 Å². The van der Waals surface area contributed by atoms with Gasteiger partial charge in [0.2, 0.25) is 5.89 Å². The summed E-state index contributed by atoms with van der Waals surface area (Å²) in [6.45, 7) is 1.09. The van der Waals surface area contributed by atoms with Gasteiger partial charge in [0.25, 0.3) is 0 Å². The second kappa shape index (κ2) is 3.80. The minimum atomic E-state index is 0.341. The van der Waals surface area contributed by atoms with Gasteiger partial charge >= 0.3 is 0 Å². The summed E-state index contributed by atoms with van der Waals surface area (Å²) in [7, 11) is 0. The fourth-order valence-electron chi connectivity index (χ4n) is 3.79. The molecule has 2 aliphatic carbocycles. The minimum absolute atomic E-state index is 0.341. The monoisotopic (exact) mass is 233 g/mol. The van der Waals surface area contributed by atoms with Gasteiger partial charge in [-0.25, -0.2) is 0 Å². The van der Waals surface area contributed by atoms with Crippen LogP contribution in [0.5, 0.6) is 0 Å². The standard InChI is InChI=1S/C13H19N3O/c1-2-5-9-8(4-1)11(9)13-15-12(16-17-13)10-6-3-7-14-10/h8-11,14H,1-7H2. The normalized spacial score (nSPS) is 40.2. The highest BCUT2D eigenvalue weighted by Crippen LogP contribution is 2.60. The van der Waals surface area contributed by atoms with Crippen LogP contribution in [0, 0.1) is 11.8 Å². The van der Waals surface area contributed by atoms with E-state index in [1.807, 2.05) is 0 Å². The Bertz CT molecular complexity index is 399. The highest BCUT2D eigenvalue weighted by Gasteiger charge is 2.54. The number of rotatable bonds is 2. The summed E-state index contributed by atoms with van der Waals surface area (Å²) in [6.07, 6.45) is 7.90. The predicted octanol–water partition coefficient (Wildman–Crippen LogP) is 2.40. The van der Waals surface area contributed by atoms with Crippen LogP contribution in [0.25, 0.3) is 0 Å². The molecular weight excluding hydrogens is 214 g/mol. The van der Waals surface area contributed by atoms with Gasteiger partial charge in [-0.1, -0.05) is 18.0 Å². The summed E-state index contributed by atoms with van der Waals surface area (Å²) in [6, 6.07) is 0.341. The van der Waals surface area contributed by atoms with Gasteiger partial charge in [0.15, 0.2) is 5.82 Å². The van der Waals surface area contributed by atoms with Crippen LogP contribution < -0.4 is 5.32 Å². The Hall–Kier alpha value is -0.900. The highest BCUT2D eigenvalue weighted by molar-refractivity contribution is 5.15. The zero-order chi connectivity index (χ0) is 11.2. The summed E-state index contributed by atoms with van der Waals surface area (Å²) in [5.41, 5.74) is 0. The first-order valence-electron chi connectivity index (χ1n) is 7.00. The Morgan fingerprint density at radius 1 is 1.06 bits per heavy atom. The summed E-state index contributed by atoms with van der Waals surface area (Å²) < 4.78 is 5.49. The van der Waals surface area contributed by atoms with Crippen molar-refractivity contribution in [1.29, 1.82) is 0 Å². The Morgan fingerprint density at radius 2 is 1.88 bits per heavy atom. The van der Waals surface area contributed by atoms with Crippen molar-refractivity contribution in [2.45, 2.75) is 50.5 Å². The first-order valence-corrected chi connectivity index (χ1v) is 7.00. The van der Waals surface area contributed by atoms with Crippen molar-refractivity contribution < 1.29 is 4.52 Å². The van der Waals surface area contributed by atoms with E-state index >= 15 is 0 Å². The van der Waals surface area contributed by atoms with E-state index in [9.17, 15) is 0 Å². The average Bonchev–Trinajstić information content (AvgIpc) is 2.77. The van der Waals surface area contributed by atoms with E-state index in [0.717, 1.165) is 36.5 Å². The Balaban J connectivity index is 1.51. The number of nitrogens with zero attached hydrogens (tertiary/aromatic N) is 2. The van der Waals surface area contributed by atoms with E-state index in [1.165, 1.54) is 32.1 Å². The number of hydrogen-bond acceptors (Lipinski definition) is 4. The maximum atomic E-state index is 5.49. The zero-order valence-corrected chi connectivity index (χ0v) is 10.1. The molecular formula is C13H19N3O. The molecule has 92 valence electrons. The third-order valence-corrected chi connectivity index (χ3v) is 4.77. The van der Waals surface area contributed by atoms with Crippen molar-refractivity contribution in [3.05, 3.63) is 11.7 Å². The van der Waals surface area contributed by atoms with Crippen LogP contribution >= 0.6 is 0 Å². The van der Waals surface area contributed by atoms with Crippen molar-refractivity contribution >= 4 is 0 Å². The first-order chi connectivity index (χ1) is 8.43. The highest BCUT2D eigenvalue weighted by atomic mass is 16.5. The van der Waals surface area contributed by atoms with E-state index in [1.54, 1.807) is 0 Å². The topological polar surface area (TPSA) is 51.0 Å². The van der Waals surface area contributed by atoms with Gasteiger partial charge in [-0.2, -0.15) is 4.98 Å². The second-order valence-electron chi connectivity index (χ2n) is 5.78. The Labute approximate surface area is 101 Å². The third kappa shape index (κ3) is 1.61. The van der Waals surface area contributed by atoms with Crippen LogP contribution in [0.1, 0.15) is 62.2 Å². The predicted molar refractivity (Wildman–Crippen MR) is 62.5 cm³/mol. The number of fused-ring (bicyclic) bond motifs is 1. The van der Waals surface area contributed by atoms with Crippen LogP contribution in [-0.4, -0.2) is 16.7 Å². The average molecular weight is 233 g/mol. The van der Waals surface area contributed by atoms with Crippen molar-refractivity contribution in [2.24, 2.45) is 11.8 Å². The third-order valence-electron chi connectivity index (χ3n) is 4.77. The number of hydrogen-bond donors (Lipinski definition) is 1. The molecule has 1 aliphatic heterocycles. The molecule has 3 unspecified atom stereocenters. The van der Waals surface area contributed by atoms with Crippen molar-refractivity contribution in [2.75, 3.05) is 6.54 Å². The van der Waals surface area contributed by atoms with Crippen molar-refractivity contribution in [3.63, 3.8) is 0 Å². The zero-order valence-electron chi connectivity index (χ0n) is 10.1. The molecule has 3 fully saturated rings. The maximum absolute atomic E-state index is 5.49. The molecule has 17 heavy (non-hydrogen) atoms. The van der Waals surface area contributed by atoms with Crippen LogP contribution in [0.3, 0.4) is 0 Å². The SMILES string of the molecule is C1CNC(c2noc(C3C4CCCCC43)n2)C1. The molecule has 0 bridgehead atoms. The largest absolute Gasteiger partial charge is 0.339 e.